The standard InChI is InChI=1S/C20H21N3/c1-15-7-9-17(10-8-15)19-14-18(11-12-21)22-20(23-19)13-16-5-3-2-4-6-16/h2-10,14H,11-13,21H2,1H3. The maximum absolute atomic E-state index is 5.71. The van der Waals surface area contributed by atoms with Crippen LogP contribution in [0.25, 0.3) is 11.3 Å². The van der Waals surface area contributed by atoms with Crippen LogP contribution in [0, 0.1) is 6.92 Å². The molecule has 0 saturated heterocycles. The lowest BCUT2D eigenvalue weighted by Crippen LogP contribution is -2.08. The fourth-order valence-electron chi connectivity index (χ4n) is 2.56. The number of nitrogens with zero attached hydrogens (tertiary/aromatic N) is 2. The lowest BCUT2D eigenvalue weighted by atomic mass is 10.1. The number of hydrogen-bond acceptors (Lipinski definition) is 3. The van der Waals surface area contributed by atoms with Gasteiger partial charge in [-0.05, 0) is 25.1 Å². The van der Waals surface area contributed by atoms with Gasteiger partial charge in [-0.2, -0.15) is 0 Å². The van der Waals surface area contributed by atoms with Crippen molar-refractivity contribution in [1.82, 2.24) is 9.97 Å². The van der Waals surface area contributed by atoms with Gasteiger partial charge in [0.05, 0.1) is 5.69 Å². The molecule has 0 radical (unpaired) electrons. The Labute approximate surface area is 137 Å². The molecular formula is C20H21N3. The molecule has 0 atom stereocenters. The fraction of sp³-hybridized carbons (Fsp3) is 0.200. The summed E-state index contributed by atoms with van der Waals surface area (Å²) in [6, 6.07) is 20.8. The third-order valence-corrected chi connectivity index (χ3v) is 3.78. The van der Waals surface area contributed by atoms with Crippen LogP contribution in [0.4, 0.5) is 0 Å². The molecular weight excluding hydrogens is 282 g/mol. The summed E-state index contributed by atoms with van der Waals surface area (Å²) >= 11 is 0. The second-order valence-corrected chi connectivity index (χ2v) is 5.73. The van der Waals surface area contributed by atoms with Crippen LogP contribution in [0.1, 0.15) is 22.6 Å². The predicted octanol–water partition coefficient (Wildman–Crippen LogP) is 3.54. The van der Waals surface area contributed by atoms with Gasteiger partial charge >= 0.3 is 0 Å². The Kier molecular flexibility index (Phi) is 4.79. The quantitative estimate of drug-likeness (QED) is 0.784. The molecule has 3 aromatic rings. The summed E-state index contributed by atoms with van der Waals surface area (Å²) in [5, 5.41) is 0. The van der Waals surface area contributed by atoms with Crippen LogP contribution in [0.5, 0.6) is 0 Å². The molecule has 0 aliphatic heterocycles. The van der Waals surface area contributed by atoms with Crippen LogP contribution in [-0.4, -0.2) is 16.5 Å². The number of benzene rings is 2. The van der Waals surface area contributed by atoms with Crippen LogP contribution in [-0.2, 0) is 12.8 Å². The van der Waals surface area contributed by atoms with Crippen molar-refractivity contribution in [2.75, 3.05) is 6.54 Å². The van der Waals surface area contributed by atoms with Crippen molar-refractivity contribution in [3.8, 4) is 11.3 Å². The Morgan fingerprint density at radius 1 is 0.913 bits per heavy atom. The first-order valence-corrected chi connectivity index (χ1v) is 7.92. The van der Waals surface area contributed by atoms with Gasteiger partial charge in [0.1, 0.15) is 5.82 Å². The van der Waals surface area contributed by atoms with Gasteiger partial charge in [-0.1, -0.05) is 60.2 Å². The van der Waals surface area contributed by atoms with Gasteiger partial charge in [-0.3, -0.25) is 0 Å². The highest BCUT2D eigenvalue weighted by molar-refractivity contribution is 5.59. The molecule has 116 valence electrons. The van der Waals surface area contributed by atoms with Gasteiger partial charge in [-0.15, -0.1) is 0 Å². The van der Waals surface area contributed by atoms with Crippen molar-refractivity contribution < 1.29 is 0 Å². The summed E-state index contributed by atoms with van der Waals surface area (Å²) in [6.45, 7) is 2.68. The van der Waals surface area contributed by atoms with Crippen molar-refractivity contribution in [1.29, 1.82) is 0 Å². The second kappa shape index (κ2) is 7.16. The summed E-state index contributed by atoms with van der Waals surface area (Å²) in [4.78, 5) is 9.43. The van der Waals surface area contributed by atoms with Crippen molar-refractivity contribution in [3.63, 3.8) is 0 Å². The van der Waals surface area contributed by atoms with Gasteiger partial charge in [-0.25, -0.2) is 9.97 Å². The SMILES string of the molecule is Cc1ccc(-c2cc(CCN)nc(Cc3ccccc3)n2)cc1. The minimum absolute atomic E-state index is 0.592. The third-order valence-electron chi connectivity index (χ3n) is 3.78. The molecule has 23 heavy (non-hydrogen) atoms. The smallest absolute Gasteiger partial charge is 0.133 e. The molecule has 0 fully saturated rings. The molecule has 0 spiro atoms. The Balaban J connectivity index is 1.97. The third kappa shape index (κ3) is 4.02. The van der Waals surface area contributed by atoms with Crippen molar-refractivity contribution >= 4 is 0 Å². The molecule has 3 nitrogen and oxygen atoms in total. The molecule has 0 aliphatic carbocycles. The molecule has 0 aliphatic rings. The molecule has 3 heteroatoms. The zero-order valence-corrected chi connectivity index (χ0v) is 13.4. The number of aryl methyl sites for hydroxylation is 1. The Morgan fingerprint density at radius 3 is 2.35 bits per heavy atom. The van der Waals surface area contributed by atoms with E-state index in [9.17, 15) is 0 Å². The van der Waals surface area contributed by atoms with E-state index in [0.717, 1.165) is 35.6 Å². The summed E-state index contributed by atoms with van der Waals surface area (Å²) in [6.07, 6.45) is 1.50. The maximum Gasteiger partial charge on any atom is 0.133 e. The van der Waals surface area contributed by atoms with Crippen molar-refractivity contribution in [3.05, 3.63) is 83.3 Å². The Morgan fingerprint density at radius 2 is 1.65 bits per heavy atom. The summed E-state index contributed by atoms with van der Waals surface area (Å²) in [7, 11) is 0. The summed E-state index contributed by atoms with van der Waals surface area (Å²) in [5.74, 6) is 0.845. The average Bonchev–Trinajstić information content (AvgIpc) is 2.56. The van der Waals surface area contributed by atoms with E-state index in [-0.39, 0.29) is 0 Å². The lowest BCUT2D eigenvalue weighted by molar-refractivity contribution is 0.869. The van der Waals surface area contributed by atoms with Gasteiger partial charge in [0, 0.05) is 24.1 Å². The first-order valence-electron chi connectivity index (χ1n) is 7.92. The van der Waals surface area contributed by atoms with E-state index in [1.807, 2.05) is 24.3 Å². The number of nitrogens with two attached hydrogens (primary N) is 1. The monoisotopic (exact) mass is 303 g/mol. The highest BCUT2D eigenvalue weighted by Gasteiger charge is 2.07. The minimum Gasteiger partial charge on any atom is -0.330 e. The zero-order chi connectivity index (χ0) is 16.1. The first-order chi connectivity index (χ1) is 11.2. The van der Waals surface area contributed by atoms with E-state index in [1.54, 1.807) is 0 Å². The van der Waals surface area contributed by atoms with Crippen molar-refractivity contribution in [2.24, 2.45) is 5.73 Å². The maximum atomic E-state index is 5.71. The molecule has 1 heterocycles. The molecule has 3 rings (SSSR count). The summed E-state index contributed by atoms with van der Waals surface area (Å²) < 4.78 is 0. The minimum atomic E-state index is 0.592. The highest BCUT2D eigenvalue weighted by atomic mass is 14.9. The van der Waals surface area contributed by atoms with Crippen LogP contribution in [0.15, 0.2) is 60.7 Å². The van der Waals surface area contributed by atoms with E-state index in [4.69, 9.17) is 10.7 Å². The largest absolute Gasteiger partial charge is 0.330 e. The molecule has 0 saturated carbocycles. The van der Waals surface area contributed by atoms with Crippen LogP contribution < -0.4 is 5.73 Å². The fourth-order valence-corrected chi connectivity index (χ4v) is 2.56. The second-order valence-electron chi connectivity index (χ2n) is 5.73. The molecule has 0 amide bonds. The van der Waals surface area contributed by atoms with E-state index in [2.05, 4.69) is 48.3 Å². The molecule has 0 bridgehead atoms. The van der Waals surface area contributed by atoms with Crippen LogP contribution in [0.2, 0.25) is 0 Å². The normalized spacial score (nSPS) is 10.7. The highest BCUT2D eigenvalue weighted by Crippen LogP contribution is 2.20. The molecule has 1 aromatic heterocycles. The van der Waals surface area contributed by atoms with Gasteiger partial charge in [0.25, 0.3) is 0 Å². The van der Waals surface area contributed by atoms with Crippen LogP contribution in [0.3, 0.4) is 0 Å². The van der Waals surface area contributed by atoms with E-state index < -0.39 is 0 Å². The first kappa shape index (κ1) is 15.4. The number of aromatic nitrogens is 2. The Bertz CT molecular complexity index is 765. The van der Waals surface area contributed by atoms with E-state index in [0.29, 0.717) is 6.54 Å². The van der Waals surface area contributed by atoms with E-state index >= 15 is 0 Å². The molecule has 2 N–H and O–H groups in total. The topological polar surface area (TPSA) is 51.8 Å². The Hall–Kier alpha value is -2.52. The molecule has 0 unspecified atom stereocenters. The number of rotatable bonds is 5. The average molecular weight is 303 g/mol. The predicted molar refractivity (Wildman–Crippen MR) is 94.2 cm³/mol. The van der Waals surface area contributed by atoms with Crippen molar-refractivity contribution in [2.45, 2.75) is 19.8 Å². The van der Waals surface area contributed by atoms with Gasteiger partial charge in [0.2, 0.25) is 0 Å². The van der Waals surface area contributed by atoms with E-state index in [1.165, 1.54) is 11.1 Å². The van der Waals surface area contributed by atoms with Gasteiger partial charge < -0.3 is 5.73 Å². The zero-order valence-electron chi connectivity index (χ0n) is 13.4. The van der Waals surface area contributed by atoms with Crippen LogP contribution >= 0.6 is 0 Å². The molecule has 2 aromatic carbocycles. The number of hydrogen-bond donors (Lipinski definition) is 1. The van der Waals surface area contributed by atoms with Gasteiger partial charge in [0.15, 0.2) is 0 Å². The lowest BCUT2D eigenvalue weighted by Gasteiger charge is -2.08. The summed E-state index contributed by atoms with van der Waals surface area (Å²) in [5.41, 5.74) is 11.3.